The summed E-state index contributed by atoms with van der Waals surface area (Å²) in [5.41, 5.74) is 15.2. The van der Waals surface area contributed by atoms with Crippen LogP contribution >= 0.6 is 11.6 Å². The topological polar surface area (TPSA) is 251 Å². The van der Waals surface area contributed by atoms with Gasteiger partial charge in [-0.05, 0) is 95.5 Å². The summed E-state index contributed by atoms with van der Waals surface area (Å²) in [5.74, 6) is 1.24. The lowest BCUT2D eigenvalue weighted by atomic mass is 9.80. The summed E-state index contributed by atoms with van der Waals surface area (Å²) in [6.45, 7) is 2.91. The second-order valence-electron chi connectivity index (χ2n) is 15.5. The highest BCUT2D eigenvalue weighted by Gasteiger charge is 2.55. The van der Waals surface area contributed by atoms with Crippen molar-refractivity contribution in [2.75, 3.05) is 38.7 Å². The fourth-order valence-corrected chi connectivity index (χ4v) is 8.44. The molecule has 6 aliphatic heterocycles. The lowest BCUT2D eigenvalue weighted by molar-refractivity contribution is -0.399. The van der Waals surface area contributed by atoms with E-state index in [1.54, 1.807) is 23.5 Å². The molecule has 8 bridgehead atoms. The number of ether oxygens (including phenoxy) is 1. The Morgan fingerprint density at radius 3 is 1.97 bits per heavy atom. The molecule has 5 aromatic rings. The standard InChI is InChI=1S/C14H20N8.C11H15ClN6O2.2C6H9NO2/c1-16-6-3-4-8-22-9-17-11-12(15)19-13(20-14(11)22)10-5-7-18-21(10)2;1-14-11(19)20-5-3-2-4-18-6-15-7-8(13)16-10(12)17-9(7)18;2*1-2-6-5-3-4(1)7(5)9-8-6/h5,7,9,16H,3-4,6,8H2,1-2H3,(H2,15,19,20);6H,2-5H2,1H3,(H,14,19)(H2,13,16,17);2*4-6H,1-3H2. The molecular formula is C37H53ClN16O6. The SMILES string of the molecule is C1CC2CC3C1OON23.C1CC2CC3C1OON23.CNC(=O)OCCCCn1cnc2c(N)nc(Cl)nc21.CNCCCCn1cnc2c(N)nc(-c3ccnn3C)nc21. The molecule has 60 heavy (non-hydrogen) atoms. The minimum Gasteiger partial charge on any atom is -0.450 e. The van der Waals surface area contributed by atoms with Crippen LogP contribution in [-0.4, -0.2) is 129 Å². The van der Waals surface area contributed by atoms with Crippen LogP contribution in [-0.2, 0) is 44.6 Å². The first-order valence-corrected chi connectivity index (χ1v) is 20.9. The fraction of sp³-hybridized carbons (Fsp3) is 0.622. The number of anilines is 2. The maximum Gasteiger partial charge on any atom is 0.406 e. The summed E-state index contributed by atoms with van der Waals surface area (Å²) in [5, 5.41) is 13.8. The largest absolute Gasteiger partial charge is 0.450 e. The van der Waals surface area contributed by atoms with E-state index in [2.05, 4.69) is 45.6 Å². The third kappa shape index (κ3) is 8.96. The number of nitrogen functional groups attached to an aromatic ring is 2. The molecule has 8 unspecified atom stereocenters. The molecule has 5 aromatic heterocycles. The number of alkyl carbamates (subject to hydrolysis) is 1. The van der Waals surface area contributed by atoms with Crippen LogP contribution in [0.5, 0.6) is 0 Å². The van der Waals surface area contributed by atoms with Crippen LogP contribution in [0.15, 0.2) is 24.9 Å². The molecular weight excluding hydrogens is 800 g/mol. The fourth-order valence-electron chi connectivity index (χ4n) is 8.27. The second-order valence-corrected chi connectivity index (χ2v) is 15.8. The molecule has 1 amide bonds. The van der Waals surface area contributed by atoms with E-state index in [4.69, 9.17) is 47.6 Å². The predicted molar refractivity (Wildman–Crippen MR) is 218 cm³/mol. The first-order valence-electron chi connectivity index (χ1n) is 20.6. The highest BCUT2D eigenvalue weighted by atomic mass is 35.5. The van der Waals surface area contributed by atoms with Gasteiger partial charge < -0.3 is 36.0 Å². The monoisotopic (exact) mass is 852 g/mol. The second kappa shape index (κ2) is 18.8. The number of carbonyl (C=O) groups is 1. The number of unbranched alkanes of at least 4 members (excludes halogenated alkanes) is 2. The average Bonchev–Trinajstić information content (AvgIpc) is 4.05. The van der Waals surface area contributed by atoms with Crippen molar-refractivity contribution in [3.8, 4) is 11.5 Å². The van der Waals surface area contributed by atoms with E-state index in [1.165, 1.54) is 45.6 Å². The third-order valence-corrected chi connectivity index (χ3v) is 11.8. The van der Waals surface area contributed by atoms with Crippen LogP contribution in [0.1, 0.15) is 64.2 Å². The lowest BCUT2D eigenvalue weighted by Crippen LogP contribution is -2.58. The first kappa shape index (κ1) is 41.9. The molecule has 8 atom stereocenters. The molecule has 8 fully saturated rings. The Labute approximate surface area is 351 Å². The highest BCUT2D eigenvalue weighted by Crippen LogP contribution is 2.45. The number of halogens is 1. The molecule has 6 N–H and O–H groups in total. The summed E-state index contributed by atoms with van der Waals surface area (Å²) in [6, 6.07) is 4.48. The van der Waals surface area contributed by atoms with Gasteiger partial charge in [-0.15, -0.1) is 20.1 Å². The van der Waals surface area contributed by atoms with E-state index >= 15 is 0 Å². The Morgan fingerprint density at radius 1 is 0.833 bits per heavy atom. The molecule has 0 radical (unpaired) electrons. The number of nitrogens with zero attached hydrogens (tertiary/aromatic N) is 12. The predicted octanol–water partition coefficient (Wildman–Crippen LogP) is 2.94. The molecule has 23 heteroatoms. The number of fused-ring (bicyclic) bond motifs is 4. The van der Waals surface area contributed by atoms with Crippen molar-refractivity contribution in [2.45, 2.75) is 114 Å². The van der Waals surface area contributed by atoms with Gasteiger partial charge in [0.25, 0.3) is 0 Å². The van der Waals surface area contributed by atoms with Gasteiger partial charge >= 0.3 is 6.09 Å². The van der Waals surface area contributed by atoms with Gasteiger partial charge in [0.15, 0.2) is 28.8 Å². The maximum atomic E-state index is 10.9. The zero-order chi connectivity index (χ0) is 41.8. The Morgan fingerprint density at radius 2 is 1.43 bits per heavy atom. The van der Waals surface area contributed by atoms with Crippen LogP contribution in [0.3, 0.4) is 0 Å². The smallest absolute Gasteiger partial charge is 0.406 e. The van der Waals surface area contributed by atoms with Crippen molar-refractivity contribution in [2.24, 2.45) is 7.05 Å². The van der Waals surface area contributed by atoms with Gasteiger partial charge in [-0.2, -0.15) is 15.1 Å². The lowest BCUT2D eigenvalue weighted by Gasteiger charge is -2.45. The molecule has 2 saturated carbocycles. The number of piperidine rings is 2. The van der Waals surface area contributed by atoms with Crippen molar-refractivity contribution >= 4 is 51.7 Å². The first-order chi connectivity index (χ1) is 29.2. The van der Waals surface area contributed by atoms with Gasteiger partial charge in [0.1, 0.15) is 28.9 Å². The number of nitrogens with two attached hydrogens (primary N) is 2. The van der Waals surface area contributed by atoms with Gasteiger partial charge in [-0.25, -0.2) is 34.5 Å². The molecule has 6 saturated heterocycles. The van der Waals surface area contributed by atoms with Crippen molar-refractivity contribution < 1.29 is 29.3 Å². The van der Waals surface area contributed by atoms with Gasteiger partial charge in [0.2, 0.25) is 5.28 Å². The summed E-state index contributed by atoms with van der Waals surface area (Å²) in [6.07, 6.45) is 16.7. The number of rotatable bonds is 11. The van der Waals surface area contributed by atoms with Gasteiger partial charge in [-0.3, -0.25) is 4.68 Å². The minimum absolute atomic E-state index is 0.0969. The van der Waals surface area contributed by atoms with E-state index in [1.807, 2.05) is 39.4 Å². The summed E-state index contributed by atoms with van der Waals surface area (Å²) in [7, 11) is 5.34. The number of nitrogens with one attached hydrogen (secondary N) is 2. The van der Waals surface area contributed by atoms with Crippen molar-refractivity contribution in [1.29, 1.82) is 0 Å². The molecule has 11 heterocycles. The van der Waals surface area contributed by atoms with Crippen molar-refractivity contribution in [1.82, 2.24) is 69.6 Å². The number of aromatic nitrogens is 10. The van der Waals surface area contributed by atoms with Gasteiger partial charge in [0.05, 0.1) is 31.3 Å². The number of hydrogen-bond donors (Lipinski definition) is 4. The van der Waals surface area contributed by atoms with Crippen LogP contribution < -0.4 is 22.1 Å². The molecule has 8 aliphatic rings. The molecule has 0 spiro atoms. The quantitative estimate of drug-likeness (QED) is 0.0847. The van der Waals surface area contributed by atoms with Crippen LogP contribution in [0.2, 0.25) is 5.28 Å². The number of hydrogen-bond acceptors (Lipinski definition) is 18. The summed E-state index contributed by atoms with van der Waals surface area (Å²) in [4.78, 5) is 56.4. The third-order valence-electron chi connectivity index (χ3n) is 11.6. The maximum absolute atomic E-state index is 10.9. The van der Waals surface area contributed by atoms with Gasteiger partial charge in [0, 0.05) is 45.5 Å². The average molecular weight is 853 g/mol. The van der Waals surface area contributed by atoms with Crippen molar-refractivity contribution in [3.63, 3.8) is 0 Å². The Hall–Kier alpha value is -4.81. The number of aryl methyl sites for hydroxylation is 3. The van der Waals surface area contributed by atoms with Gasteiger partial charge in [-0.1, -0.05) is 0 Å². The van der Waals surface area contributed by atoms with E-state index < -0.39 is 6.09 Å². The molecule has 324 valence electrons. The van der Waals surface area contributed by atoms with Crippen LogP contribution in [0, 0.1) is 0 Å². The van der Waals surface area contributed by atoms with Crippen molar-refractivity contribution in [3.05, 3.63) is 30.2 Å². The van der Waals surface area contributed by atoms with E-state index in [9.17, 15) is 4.79 Å². The van der Waals surface area contributed by atoms with Crippen LogP contribution in [0.4, 0.5) is 16.4 Å². The minimum atomic E-state index is -0.426. The number of hydroxylamine groups is 4. The summed E-state index contributed by atoms with van der Waals surface area (Å²) >= 11 is 5.78. The Balaban J connectivity index is 0.000000118. The Bertz CT molecular complexity index is 2170. The molecule has 13 rings (SSSR count). The number of amides is 1. The van der Waals surface area contributed by atoms with E-state index in [0.717, 1.165) is 50.1 Å². The Kier molecular flexibility index (Phi) is 13.2. The summed E-state index contributed by atoms with van der Waals surface area (Å²) < 4.78 is 10.5. The highest BCUT2D eigenvalue weighted by molar-refractivity contribution is 6.28. The zero-order valence-corrected chi connectivity index (χ0v) is 34.8. The van der Waals surface area contributed by atoms with E-state index in [0.29, 0.717) is 77.8 Å². The number of carbonyl (C=O) groups excluding carboxylic acids is 1. The normalized spacial score (nSPS) is 26.1. The van der Waals surface area contributed by atoms with Crippen LogP contribution in [0.25, 0.3) is 33.8 Å². The molecule has 22 nitrogen and oxygen atoms in total. The molecule has 2 aliphatic carbocycles. The number of imidazole rings is 2. The van der Waals surface area contributed by atoms with E-state index in [-0.39, 0.29) is 11.1 Å². The zero-order valence-electron chi connectivity index (χ0n) is 34.0. The molecule has 0 aromatic carbocycles.